The molecule has 13 nitrogen and oxygen atoms in total. The van der Waals surface area contributed by atoms with Gasteiger partial charge in [0.1, 0.15) is 51.8 Å². The minimum Gasteiger partial charge on any atom is -0.497 e. The molecule has 0 fully saturated rings. The molecule has 6 aliphatic heterocycles. The van der Waals surface area contributed by atoms with Gasteiger partial charge in [-0.1, -0.05) is 351 Å². The van der Waals surface area contributed by atoms with Gasteiger partial charge in [-0.3, -0.25) is 9.67 Å². The molecule has 0 aliphatic carbocycles. The van der Waals surface area contributed by atoms with Crippen LogP contribution in [0.2, 0.25) is 0 Å². The SMILES string of the molecule is CC(C)(C)C1=C(C(C)(C)C)C(C)(C)CO1.CC(C)(C)C1=C(C(C)(C)C)N=CC1.CC(C)(C)C1=C(C(C)(C)C)OCC1.CC(C)(C)C1=C(C(C)(C)C)OCO1.CC(C)(C)C1=C(C(C)(C)C)OCO1.CC(C)(C)c1ccoc1C(C)(C)C.CC1(C)OC(C(C)(C)C)=C(C(C)(C)C)O1.Cn1nnc(C(C)(C)C)c1C(C)(C)C. The Hall–Kier alpha value is -5.07. The van der Waals surface area contributed by atoms with Gasteiger partial charge in [-0.25, -0.2) is 0 Å². The number of nitrogens with zero attached hydrogens (tertiary/aromatic N) is 4. The molecule has 109 heavy (non-hydrogen) atoms. The topological polar surface area (TPSA) is 130 Å². The van der Waals surface area contributed by atoms with E-state index < -0.39 is 5.79 Å². The highest BCUT2D eigenvalue weighted by Crippen LogP contribution is 2.52. The Morgan fingerprint density at radius 1 is 0.349 bits per heavy atom. The fourth-order valence-corrected chi connectivity index (χ4v) is 13.8. The summed E-state index contributed by atoms with van der Waals surface area (Å²) in [6.07, 6.45) is 5.98. The average molecular weight is 1530 g/mol. The Morgan fingerprint density at radius 3 is 0.945 bits per heavy atom. The Labute approximate surface area is 673 Å². The highest BCUT2D eigenvalue weighted by atomic mass is 16.7. The van der Waals surface area contributed by atoms with E-state index in [1.807, 2.05) is 31.8 Å². The van der Waals surface area contributed by atoms with E-state index in [0.29, 0.717) is 13.6 Å². The molecule has 0 saturated carbocycles. The van der Waals surface area contributed by atoms with Gasteiger partial charge in [-0.15, -0.1) is 5.10 Å². The number of ether oxygens (including phenoxy) is 8. The van der Waals surface area contributed by atoms with Crippen LogP contribution in [0.15, 0.2) is 90.2 Å². The van der Waals surface area contributed by atoms with Gasteiger partial charge in [0.25, 0.3) is 0 Å². The molecule has 0 atom stereocenters. The number of hydrogen-bond donors (Lipinski definition) is 0. The first kappa shape index (κ1) is 102. The second kappa shape index (κ2) is 34.9. The molecule has 632 valence electrons. The lowest BCUT2D eigenvalue weighted by Crippen LogP contribution is -2.26. The van der Waals surface area contributed by atoms with Crippen molar-refractivity contribution in [3.63, 3.8) is 0 Å². The highest BCUT2D eigenvalue weighted by molar-refractivity contribution is 5.68. The van der Waals surface area contributed by atoms with Gasteiger partial charge in [-0.05, 0) is 50.0 Å². The number of rotatable bonds is 0. The minimum atomic E-state index is -0.523. The largest absolute Gasteiger partial charge is 0.497 e. The third-order valence-corrected chi connectivity index (χ3v) is 18.4. The lowest BCUT2D eigenvalue weighted by atomic mass is 9.69. The average Bonchev–Trinajstić information content (AvgIpc) is 1.62. The van der Waals surface area contributed by atoms with Crippen LogP contribution in [0.5, 0.6) is 0 Å². The van der Waals surface area contributed by atoms with E-state index in [-0.39, 0.29) is 92.1 Å². The fourth-order valence-electron chi connectivity index (χ4n) is 13.8. The molecule has 0 aromatic carbocycles. The van der Waals surface area contributed by atoms with Crippen molar-refractivity contribution >= 4 is 6.21 Å². The lowest BCUT2D eigenvalue weighted by molar-refractivity contribution is -0.135. The summed E-state index contributed by atoms with van der Waals surface area (Å²) >= 11 is 0. The maximum atomic E-state index is 5.95. The zero-order chi connectivity index (χ0) is 86.7. The predicted octanol–water partition coefficient (Wildman–Crippen LogP) is 28.9. The van der Waals surface area contributed by atoms with Crippen molar-refractivity contribution < 1.29 is 42.3 Å². The van der Waals surface area contributed by atoms with Gasteiger partial charge in [0.15, 0.2) is 0 Å². The first-order valence-corrected chi connectivity index (χ1v) is 40.8. The maximum absolute atomic E-state index is 5.95. The second-order valence-corrected chi connectivity index (χ2v) is 48.6. The summed E-state index contributed by atoms with van der Waals surface area (Å²) in [5.74, 6) is 8.99. The van der Waals surface area contributed by atoms with Crippen molar-refractivity contribution in [3.8, 4) is 0 Å². The summed E-state index contributed by atoms with van der Waals surface area (Å²) in [6, 6.07) is 2.08. The van der Waals surface area contributed by atoms with Crippen LogP contribution in [0.1, 0.15) is 396 Å². The number of furan rings is 1. The van der Waals surface area contributed by atoms with Crippen molar-refractivity contribution in [2.45, 2.75) is 400 Å². The molecule has 0 N–H and O–H groups in total. The summed E-state index contributed by atoms with van der Waals surface area (Å²) in [6.45, 7) is 116. The maximum Gasteiger partial charge on any atom is 0.245 e. The van der Waals surface area contributed by atoms with Crippen molar-refractivity contribution in [1.29, 1.82) is 0 Å². The molecule has 0 amide bonds. The highest BCUT2D eigenvalue weighted by Gasteiger charge is 2.46. The zero-order valence-corrected chi connectivity index (χ0v) is 81.4. The minimum absolute atomic E-state index is 0.00359. The van der Waals surface area contributed by atoms with E-state index in [0.717, 1.165) is 72.1 Å². The number of hydrogen-bond acceptors (Lipinski definition) is 12. The summed E-state index contributed by atoms with van der Waals surface area (Å²) < 4.78 is 53.0. The molecule has 13 heteroatoms. The van der Waals surface area contributed by atoms with Crippen LogP contribution < -0.4 is 0 Å². The monoisotopic (exact) mass is 1530 g/mol. The number of aryl methyl sites for hydroxylation is 1. The Morgan fingerprint density at radius 2 is 0.706 bits per heavy atom. The van der Waals surface area contributed by atoms with E-state index in [1.54, 1.807) is 6.26 Å². The quantitative estimate of drug-likeness (QED) is 0.250. The lowest BCUT2D eigenvalue weighted by Gasteiger charge is -2.33. The van der Waals surface area contributed by atoms with Gasteiger partial charge in [0.05, 0.1) is 30.9 Å². The van der Waals surface area contributed by atoms with Crippen molar-refractivity contribution in [3.05, 3.63) is 104 Å². The van der Waals surface area contributed by atoms with Crippen LogP contribution in [-0.2, 0) is 66.6 Å². The van der Waals surface area contributed by atoms with Gasteiger partial charge in [-0.2, -0.15) is 0 Å². The van der Waals surface area contributed by atoms with Crippen LogP contribution in [0, 0.1) is 70.4 Å². The molecular weight excluding hydrogens is 1350 g/mol. The summed E-state index contributed by atoms with van der Waals surface area (Å²) in [4.78, 5) is 4.51. The van der Waals surface area contributed by atoms with Crippen molar-refractivity contribution in [2.24, 2.45) is 82.4 Å². The molecule has 0 radical (unpaired) electrons. The number of aromatic nitrogens is 3. The molecule has 0 unspecified atom stereocenters. The Bertz CT molecular complexity index is 3240. The molecule has 2 aromatic heterocycles. The standard InChI is InChI=1S/C14H26O.C13H24O2.C12H21N.C12H22O.C12H20O.C11H21N3.2C11H20O2/c1-12(2,3)10-11(13(4,5)6)15-9-14(10,7)8;1-11(2,3)9-10(12(4,5)6)15-13(7,8)14-9;3*1-11(2,3)9-7-8-13-10(9)12(4,5)6;1-10(2,3)8-9(11(4,5)6)14(7)13-12-8;2*1-10(2,3)8-9(11(4,5)6)13-7-12-8/h9H2,1-8H3;1-8H3;8H,7H2,1-6H3;7-8H2,1-6H3;7-8H,1-6H3;1-7H3;2*7H2,1-6H3. The first-order chi connectivity index (χ1) is 47.7. The Balaban J connectivity index is 0.000000623. The first-order valence-electron chi connectivity index (χ1n) is 40.8. The summed E-state index contributed by atoms with van der Waals surface area (Å²) in [5, 5.41) is 8.38. The Kier molecular flexibility index (Phi) is 32.7. The molecule has 6 aliphatic rings. The number of allylic oxidation sites excluding steroid dienone is 10. The van der Waals surface area contributed by atoms with E-state index in [1.165, 1.54) is 45.2 Å². The third-order valence-electron chi connectivity index (χ3n) is 18.4. The smallest absolute Gasteiger partial charge is 0.245 e. The molecule has 8 heterocycles. The summed E-state index contributed by atoms with van der Waals surface area (Å²) in [7, 11) is 1.96. The van der Waals surface area contributed by atoms with Crippen LogP contribution in [-0.4, -0.2) is 53.8 Å². The fraction of sp³-hybridized carbons (Fsp3) is 0.802. The van der Waals surface area contributed by atoms with Gasteiger partial charge in [0.2, 0.25) is 19.4 Å². The van der Waals surface area contributed by atoms with Crippen molar-refractivity contribution in [2.75, 3.05) is 26.8 Å². The molecule has 0 saturated heterocycles. The molecular formula is C96H174N4O9. The summed E-state index contributed by atoms with van der Waals surface area (Å²) in [5.41, 5.74) is 11.4. The van der Waals surface area contributed by atoms with Gasteiger partial charge < -0.3 is 42.3 Å². The normalized spacial score (nSPS) is 18.2. The third kappa shape index (κ3) is 31.0. The van der Waals surface area contributed by atoms with Crippen LogP contribution >= 0.6 is 0 Å². The molecule has 8 rings (SSSR count). The molecule has 0 spiro atoms. The van der Waals surface area contributed by atoms with Crippen LogP contribution in [0.25, 0.3) is 0 Å². The van der Waals surface area contributed by atoms with E-state index in [9.17, 15) is 0 Å². The number of aliphatic imine (C=N–C) groups is 1. The van der Waals surface area contributed by atoms with E-state index >= 15 is 0 Å². The van der Waals surface area contributed by atoms with E-state index in [4.69, 9.17) is 42.3 Å². The second-order valence-electron chi connectivity index (χ2n) is 48.6. The van der Waals surface area contributed by atoms with Crippen LogP contribution in [0.3, 0.4) is 0 Å². The van der Waals surface area contributed by atoms with Crippen LogP contribution in [0.4, 0.5) is 0 Å². The van der Waals surface area contributed by atoms with Crippen molar-refractivity contribution in [1.82, 2.24) is 15.0 Å². The molecule has 0 bridgehead atoms. The van der Waals surface area contributed by atoms with Gasteiger partial charge in [0, 0.05) is 116 Å². The van der Waals surface area contributed by atoms with E-state index in [2.05, 4.69) is 368 Å². The zero-order valence-electron chi connectivity index (χ0n) is 81.4. The molecule has 2 aromatic rings. The van der Waals surface area contributed by atoms with Gasteiger partial charge >= 0.3 is 0 Å². The predicted molar refractivity (Wildman–Crippen MR) is 464 cm³/mol.